The molecule has 0 saturated carbocycles. The van der Waals surface area contributed by atoms with Crippen LogP contribution in [0.15, 0.2) is 18.2 Å². The molecule has 2 rings (SSSR count). The predicted molar refractivity (Wildman–Crippen MR) is 110 cm³/mol. The van der Waals surface area contributed by atoms with E-state index in [0.29, 0.717) is 48.3 Å². The lowest BCUT2D eigenvalue weighted by Crippen LogP contribution is -2.54. The molecule has 0 aliphatic carbocycles. The monoisotopic (exact) mass is 423 g/mol. The minimum absolute atomic E-state index is 0.107. The lowest BCUT2D eigenvalue weighted by Gasteiger charge is -2.33. The van der Waals surface area contributed by atoms with Crippen molar-refractivity contribution in [2.75, 3.05) is 40.4 Å². The summed E-state index contributed by atoms with van der Waals surface area (Å²) in [4.78, 5) is 39.5. The second-order valence-electron chi connectivity index (χ2n) is 6.82. The van der Waals surface area contributed by atoms with Gasteiger partial charge in [0.1, 0.15) is 0 Å². The van der Waals surface area contributed by atoms with Crippen LogP contribution >= 0.6 is 11.6 Å². The maximum absolute atomic E-state index is 12.5. The fraction of sp³-hybridized carbons (Fsp3) is 0.450. The molecular weight excluding hydrogens is 398 g/mol. The van der Waals surface area contributed by atoms with E-state index < -0.39 is 11.8 Å². The van der Waals surface area contributed by atoms with Gasteiger partial charge in [0.05, 0.1) is 19.2 Å². The molecule has 1 aliphatic rings. The molecule has 0 bridgehead atoms. The number of benzene rings is 1. The van der Waals surface area contributed by atoms with Crippen LogP contribution in [-0.4, -0.2) is 74.0 Å². The minimum Gasteiger partial charge on any atom is -0.493 e. The summed E-state index contributed by atoms with van der Waals surface area (Å²) in [6.07, 6.45) is 3.09. The molecule has 3 amide bonds. The summed E-state index contributed by atoms with van der Waals surface area (Å²) in [5.41, 5.74) is 0.695. The van der Waals surface area contributed by atoms with E-state index in [-0.39, 0.29) is 11.9 Å². The topological polar surface area (TPSA) is 88.2 Å². The Morgan fingerprint density at radius 3 is 2.24 bits per heavy atom. The van der Waals surface area contributed by atoms with Crippen molar-refractivity contribution in [3.63, 3.8) is 0 Å². The molecule has 1 heterocycles. The van der Waals surface area contributed by atoms with Crippen LogP contribution in [0.2, 0.25) is 5.02 Å². The molecule has 1 aliphatic heterocycles. The predicted octanol–water partition coefficient (Wildman–Crippen LogP) is 1.57. The van der Waals surface area contributed by atoms with Gasteiger partial charge in [-0.1, -0.05) is 11.6 Å². The Hall–Kier alpha value is -2.74. The standard InChI is InChI=1S/C20H26ClN3O5/c1-13(2)22-19(26)20(27)24-9-7-23(8-10-24)17(25)6-5-14-11-15(21)18(29-4)16(12-14)28-3/h5-6,11-13H,7-10H2,1-4H3,(H,22,26)/b6-5-. The molecule has 1 aromatic carbocycles. The fourth-order valence-corrected chi connectivity index (χ4v) is 3.20. The van der Waals surface area contributed by atoms with Crippen LogP contribution in [0.3, 0.4) is 0 Å². The Morgan fingerprint density at radius 1 is 1.07 bits per heavy atom. The maximum Gasteiger partial charge on any atom is 0.312 e. The summed E-state index contributed by atoms with van der Waals surface area (Å²) >= 11 is 6.18. The van der Waals surface area contributed by atoms with Gasteiger partial charge in [0.15, 0.2) is 11.5 Å². The van der Waals surface area contributed by atoms with Crippen molar-refractivity contribution in [3.05, 3.63) is 28.8 Å². The molecule has 0 atom stereocenters. The Balaban J connectivity index is 1.95. The van der Waals surface area contributed by atoms with E-state index in [0.717, 1.165) is 0 Å². The number of nitrogens with one attached hydrogen (secondary N) is 1. The van der Waals surface area contributed by atoms with E-state index in [4.69, 9.17) is 21.1 Å². The SMILES string of the molecule is COc1cc(/C=C\C(=O)N2CCN(C(=O)C(=O)NC(C)C)CC2)cc(Cl)c1OC. The molecule has 1 fully saturated rings. The van der Waals surface area contributed by atoms with E-state index in [9.17, 15) is 14.4 Å². The summed E-state index contributed by atoms with van der Waals surface area (Å²) in [7, 11) is 3.01. The molecule has 1 saturated heterocycles. The highest BCUT2D eigenvalue weighted by Gasteiger charge is 2.27. The van der Waals surface area contributed by atoms with E-state index >= 15 is 0 Å². The number of hydrogen-bond acceptors (Lipinski definition) is 5. The number of carbonyl (C=O) groups is 3. The van der Waals surface area contributed by atoms with Gasteiger partial charge in [0.25, 0.3) is 0 Å². The molecule has 29 heavy (non-hydrogen) atoms. The number of methoxy groups -OCH3 is 2. The largest absolute Gasteiger partial charge is 0.493 e. The number of piperazine rings is 1. The van der Waals surface area contributed by atoms with Gasteiger partial charge in [-0.25, -0.2) is 0 Å². The molecule has 1 N–H and O–H groups in total. The van der Waals surface area contributed by atoms with Crippen LogP contribution in [0.25, 0.3) is 6.08 Å². The summed E-state index contributed by atoms with van der Waals surface area (Å²) < 4.78 is 10.4. The molecule has 9 heteroatoms. The highest BCUT2D eigenvalue weighted by atomic mass is 35.5. The average Bonchev–Trinajstić information content (AvgIpc) is 2.70. The first kappa shape index (κ1) is 22.5. The number of nitrogens with zero attached hydrogens (tertiary/aromatic N) is 2. The molecule has 0 unspecified atom stereocenters. The fourth-order valence-electron chi connectivity index (χ4n) is 2.90. The van der Waals surface area contributed by atoms with Gasteiger partial charge in [-0.2, -0.15) is 0 Å². The second kappa shape index (κ2) is 10.2. The molecular formula is C20H26ClN3O5. The summed E-state index contributed by atoms with van der Waals surface area (Å²) in [5.74, 6) is -0.472. The zero-order valence-electron chi connectivity index (χ0n) is 17.0. The van der Waals surface area contributed by atoms with Gasteiger partial charge >= 0.3 is 11.8 Å². The normalized spacial score (nSPS) is 14.3. The zero-order chi connectivity index (χ0) is 21.6. The summed E-state index contributed by atoms with van der Waals surface area (Å²) in [5, 5.41) is 2.96. The lowest BCUT2D eigenvalue weighted by molar-refractivity contribution is -0.148. The third-order valence-corrected chi connectivity index (χ3v) is 4.65. The smallest absolute Gasteiger partial charge is 0.312 e. The van der Waals surface area contributed by atoms with Crippen molar-refractivity contribution in [1.29, 1.82) is 0 Å². The summed E-state index contributed by atoms with van der Waals surface area (Å²) in [6, 6.07) is 3.29. The van der Waals surface area contributed by atoms with Gasteiger partial charge in [-0.05, 0) is 37.6 Å². The highest BCUT2D eigenvalue weighted by Crippen LogP contribution is 2.36. The molecule has 0 spiro atoms. The Bertz CT molecular complexity index is 802. The van der Waals surface area contributed by atoms with Crippen molar-refractivity contribution in [3.8, 4) is 11.5 Å². The molecule has 1 aromatic rings. The first-order valence-electron chi connectivity index (χ1n) is 9.25. The third-order valence-electron chi connectivity index (χ3n) is 4.37. The molecule has 0 aromatic heterocycles. The van der Waals surface area contributed by atoms with Gasteiger partial charge in [0.2, 0.25) is 5.91 Å². The van der Waals surface area contributed by atoms with Crippen molar-refractivity contribution >= 4 is 35.4 Å². The van der Waals surface area contributed by atoms with Gasteiger partial charge in [-0.15, -0.1) is 0 Å². The Morgan fingerprint density at radius 2 is 1.69 bits per heavy atom. The lowest BCUT2D eigenvalue weighted by atomic mass is 10.1. The van der Waals surface area contributed by atoms with E-state index in [1.165, 1.54) is 25.2 Å². The third kappa shape index (κ3) is 5.87. The number of amides is 3. The molecule has 0 radical (unpaired) electrons. The van der Waals surface area contributed by atoms with Gasteiger partial charge in [-0.3, -0.25) is 14.4 Å². The Kier molecular flexibility index (Phi) is 7.90. The van der Waals surface area contributed by atoms with Crippen molar-refractivity contribution < 1.29 is 23.9 Å². The summed E-state index contributed by atoms with van der Waals surface area (Å²) in [6.45, 7) is 4.92. The first-order chi connectivity index (χ1) is 13.8. The average molecular weight is 424 g/mol. The number of halogens is 1. The van der Waals surface area contributed by atoms with Crippen LogP contribution in [0, 0.1) is 0 Å². The number of ether oxygens (including phenoxy) is 2. The van der Waals surface area contributed by atoms with E-state index in [1.54, 1.807) is 37.0 Å². The quantitative estimate of drug-likeness (QED) is 0.573. The maximum atomic E-state index is 12.5. The zero-order valence-corrected chi connectivity index (χ0v) is 17.8. The van der Waals surface area contributed by atoms with Gasteiger partial charge < -0.3 is 24.6 Å². The van der Waals surface area contributed by atoms with Crippen molar-refractivity contribution in [2.24, 2.45) is 0 Å². The number of carbonyl (C=O) groups excluding carboxylic acids is 3. The number of rotatable bonds is 5. The number of hydrogen-bond donors (Lipinski definition) is 1. The van der Waals surface area contributed by atoms with E-state index in [2.05, 4.69) is 5.32 Å². The van der Waals surface area contributed by atoms with Crippen LogP contribution in [0.4, 0.5) is 0 Å². The van der Waals surface area contributed by atoms with Crippen LogP contribution in [0.1, 0.15) is 19.4 Å². The van der Waals surface area contributed by atoms with E-state index in [1.807, 2.05) is 0 Å². The minimum atomic E-state index is -0.620. The van der Waals surface area contributed by atoms with Crippen LogP contribution in [-0.2, 0) is 14.4 Å². The van der Waals surface area contributed by atoms with Gasteiger partial charge in [0, 0.05) is 38.3 Å². The molecule has 8 nitrogen and oxygen atoms in total. The first-order valence-corrected chi connectivity index (χ1v) is 9.62. The van der Waals surface area contributed by atoms with Crippen molar-refractivity contribution in [2.45, 2.75) is 19.9 Å². The molecule has 158 valence electrons. The van der Waals surface area contributed by atoms with Crippen LogP contribution in [0.5, 0.6) is 11.5 Å². The Labute approximate surface area is 175 Å². The van der Waals surface area contributed by atoms with Crippen LogP contribution < -0.4 is 14.8 Å². The second-order valence-corrected chi connectivity index (χ2v) is 7.22. The highest BCUT2D eigenvalue weighted by molar-refractivity contribution is 6.35. The van der Waals surface area contributed by atoms with Crippen molar-refractivity contribution in [1.82, 2.24) is 15.1 Å².